The van der Waals surface area contributed by atoms with E-state index in [1.807, 2.05) is 12.1 Å². The van der Waals surface area contributed by atoms with Crippen molar-refractivity contribution in [3.8, 4) is 0 Å². The van der Waals surface area contributed by atoms with E-state index in [9.17, 15) is 4.79 Å². The normalized spacial score (nSPS) is 9.87. The summed E-state index contributed by atoms with van der Waals surface area (Å²) < 4.78 is 0.841. The fourth-order valence-corrected chi connectivity index (χ4v) is 1.37. The molecule has 1 aromatic rings. The highest BCUT2D eigenvalue weighted by Crippen LogP contribution is 2.25. The number of carbonyl (C=O) groups is 1. The van der Waals surface area contributed by atoms with Crippen LogP contribution in [0.15, 0.2) is 22.7 Å². The first-order chi connectivity index (χ1) is 7.00. The fraction of sp³-hybridized carbons (Fsp3) is 0.300. The Morgan fingerprint density at radius 1 is 1.53 bits per heavy atom. The number of halogens is 2. The lowest BCUT2D eigenvalue weighted by atomic mass is 10.3. The largest absolute Gasteiger partial charge is 0.376 e. The molecule has 15 heavy (non-hydrogen) atoms. The van der Waals surface area contributed by atoms with Crippen molar-refractivity contribution in [1.29, 1.82) is 0 Å². The Kier molecular flexibility index (Phi) is 4.42. The first-order valence-electron chi connectivity index (χ1n) is 4.40. The van der Waals surface area contributed by atoms with Crippen LogP contribution in [-0.4, -0.2) is 31.4 Å². The maximum Gasteiger partial charge on any atom is 0.241 e. The van der Waals surface area contributed by atoms with Crippen molar-refractivity contribution in [3.63, 3.8) is 0 Å². The number of hydrogen-bond donors (Lipinski definition) is 1. The number of amides is 1. The van der Waals surface area contributed by atoms with E-state index in [0.717, 1.165) is 10.2 Å². The average Bonchev–Trinajstić information content (AvgIpc) is 2.19. The van der Waals surface area contributed by atoms with Gasteiger partial charge in [0.05, 0.1) is 11.6 Å². The lowest BCUT2D eigenvalue weighted by molar-refractivity contribution is -0.126. The van der Waals surface area contributed by atoms with Gasteiger partial charge in [0.25, 0.3) is 0 Å². The van der Waals surface area contributed by atoms with E-state index < -0.39 is 0 Å². The zero-order valence-electron chi connectivity index (χ0n) is 8.55. The van der Waals surface area contributed by atoms with E-state index in [0.29, 0.717) is 5.02 Å². The minimum absolute atomic E-state index is 0.0223. The molecule has 0 aliphatic rings. The van der Waals surface area contributed by atoms with Gasteiger partial charge in [-0.1, -0.05) is 11.6 Å². The first-order valence-corrected chi connectivity index (χ1v) is 5.57. The molecule has 0 spiro atoms. The van der Waals surface area contributed by atoms with E-state index in [-0.39, 0.29) is 12.5 Å². The molecule has 0 saturated carbocycles. The molecule has 82 valence electrons. The van der Waals surface area contributed by atoms with Gasteiger partial charge in [0.2, 0.25) is 5.91 Å². The average molecular weight is 292 g/mol. The van der Waals surface area contributed by atoms with Gasteiger partial charge in [0.15, 0.2) is 0 Å². The monoisotopic (exact) mass is 290 g/mol. The molecule has 0 unspecified atom stereocenters. The molecule has 0 heterocycles. The number of nitrogens with one attached hydrogen (secondary N) is 1. The van der Waals surface area contributed by atoms with Crippen LogP contribution in [0.5, 0.6) is 0 Å². The molecular weight excluding hydrogens is 279 g/mol. The van der Waals surface area contributed by atoms with E-state index in [1.54, 1.807) is 20.2 Å². The number of nitrogens with zero attached hydrogens (tertiary/aromatic N) is 1. The second kappa shape index (κ2) is 5.37. The third kappa shape index (κ3) is 3.72. The topological polar surface area (TPSA) is 32.3 Å². The molecule has 0 saturated heterocycles. The Balaban J connectivity index is 2.58. The van der Waals surface area contributed by atoms with Crippen LogP contribution in [-0.2, 0) is 4.79 Å². The number of carbonyl (C=O) groups excluding carboxylic acids is 1. The van der Waals surface area contributed by atoms with Gasteiger partial charge < -0.3 is 10.2 Å². The predicted octanol–water partition coefficient (Wildman–Crippen LogP) is 2.60. The summed E-state index contributed by atoms with van der Waals surface area (Å²) in [6.07, 6.45) is 0. The Hall–Kier alpha value is -0.740. The lowest BCUT2D eigenvalue weighted by Gasteiger charge is -2.12. The van der Waals surface area contributed by atoms with Gasteiger partial charge in [0, 0.05) is 24.3 Å². The zero-order chi connectivity index (χ0) is 11.4. The molecule has 0 aliphatic carbocycles. The van der Waals surface area contributed by atoms with Gasteiger partial charge in [-0.2, -0.15) is 0 Å². The summed E-state index contributed by atoms with van der Waals surface area (Å²) in [4.78, 5) is 12.8. The van der Waals surface area contributed by atoms with Crippen LogP contribution in [0.3, 0.4) is 0 Å². The first kappa shape index (κ1) is 12.3. The van der Waals surface area contributed by atoms with E-state index in [1.165, 1.54) is 4.90 Å². The van der Waals surface area contributed by atoms with Gasteiger partial charge in [-0.25, -0.2) is 0 Å². The van der Waals surface area contributed by atoms with Crippen molar-refractivity contribution in [2.45, 2.75) is 0 Å². The molecule has 5 heteroatoms. The van der Waals surface area contributed by atoms with Crippen molar-refractivity contribution in [1.82, 2.24) is 4.90 Å². The Morgan fingerprint density at radius 2 is 2.20 bits per heavy atom. The molecule has 0 bridgehead atoms. The highest BCUT2D eigenvalue weighted by Gasteiger charge is 2.04. The maximum absolute atomic E-state index is 11.3. The molecule has 0 fully saturated rings. The third-order valence-corrected chi connectivity index (χ3v) is 3.09. The molecule has 1 amide bonds. The van der Waals surface area contributed by atoms with Crippen molar-refractivity contribution in [2.24, 2.45) is 0 Å². The Morgan fingerprint density at radius 3 is 2.73 bits per heavy atom. The summed E-state index contributed by atoms with van der Waals surface area (Å²) in [6, 6.07) is 5.47. The summed E-state index contributed by atoms with van der Waals surface area (Å²) in [5.41, 5.74) is 0.832. The van der Waals surface area contributed by atoms with Gasteiger partial charge in [-0.05, 0) is 34.1 Å². The highest BCUT2D eigenvalue weighted by molar-refractivity contribution is 9.10. The van der Waals surface area contributed by atoms with E-state index in [4.69, 9.17) is 11.6 Å². The molecule has 0 aliphatic heterocycles. The Bertz CT molecular complexity index is 368. The lowest BCUT2D eigenvalue weighted by Crippen LogP contribution is -2.28. The van der Waals surface area contributed by atoms with Gasteiger partial charge >= 0.3 is 0 Å². The summed E-state index contributed by atoms with van der Waals surface area (Å²) in [7, 11) is 3.44. The standard InChI is InChI=1S/C10H12BrClN2O/c1-14(2)10(15)6-13-7-3-4-8(11)9(12)5-7/h3-5,13H,6H2,1-2H3. The van der Waals surface area contributed by atoms with Crippen LogP contribution in [0.4, 0.5) is 5.69 Å². The van der Waals surface area contributed by atoms with Crippen LogP contribution in [0, 0.1) is 0 Å². The molecular formula is C10H12BrClN2O. The summed E-state index contributed by atoms with van der Waals surface area (Å²) in [6.45, 7) is 0.269. The van der Waals surface area contributed by atoms with Crippen LogP contribution >= 0.6 is 27.5 Å². The predicted molar refractivity (Wildman–Crippen MR) is 66.3 cm³/mol. The maximum atomic E-state index is 11.3. The number of hydrogen-bond acceptors (Lipinski definition) is 2. The van der Waals surface area contributed by atoms with Crippen LogP contribution in [0.2, 0.25) is 5.02 Å². The van der Waals surface area contributed by atoms with E-state index in [2.05, 4.69) is 21.2 Å². The summed E-state index contributed by atoms with van der Waals surface area (Å²) >= 11 is 9.21. The number of anilines is 1. The molecule has 1 rings (SSSR count). The van der Waals surface area contributed by atoms with Gasteiger partial charge in [-0.15, -0.1) is 0 Å². The van der Waals surface area contributed by atoms with Gasteiger partial charge in [-0.3, -0.25) is 4.79 Å². The SMILES string of the molecule is CN(C)C(=O)CNc1ccc(Br)c(Cl)c1. The molecule has 0 atom stereocenters. The summed E-state index contributed by atoms with van der Waals surface area (Å²) in [5.74, 6) is 0.0223. The molecule has 1 N–H and O–H groups in total. The fourth-order valence-electron chi connectivity index (χ4n) is 0.942. The molecule has 0 aromatic heterocycles. The van der Waals surface area contributed by atoms with Crippen LogP contribution in [0.1, 0.15) is 0 Å². The van der Waals surface area contributed by atoms with Gasteiger partial charge in [0.1, 0.15) is 0 Å². The van der Waals surface area contributed by atoms with Crippen molar-refractivity contribution in [3.05, 3.63) is 27.7 Å². The van der Waals surface area contributed by atoms with E-state index >= 15 is 0 Å². The number of benzene rings is 1. The Labute approximate surface area is 103 Å². The van der Waals surface area contributed by atoms with Crippen molar-refractivity contribution >= 4 is 39.1 Å². The third-order valence-electron chi connectivity index (χ3n) is 1.86. The van der Waals surface area contributed by atoms with Crippen molar-refractivity contribution in [2.75, 3.05) is 26.0 Å². The van der Waals surface area contributed by atoms with Crippen molar-refractivity contribution < 1.29 is 4.79 Å². The quantitative estimate of drug-likeness (QED) is 0.928. The minimum Gasteiger partial charge on any atom is -0.376 e. The zero-order valence-corrected chi connectivity index (χ0v) is 10.9. The number of rotatable bonds is 3. The van der Waals surface area contributed by atoms with Crippen LogP contribution < -0.4 is 5.32 Å². The minimum atomic E-state index is 0.0223. The molecule has 1 aromatic carbocycles. The molecule has 3 nitrogen and oxygen atoms in total. The second-order valence-corrected chi connectivity index (χ2v) is 4.53. The van der Waals surface area contributed by atoms with Crippen LogP contribution in [0.25, 0.3) is 0 Å². The smallest absolute Gasteiger partial charge is 0.241 e. The number of likely N-dealkylation sites (N-methyl/N-ethyl adjacent to an activating group) is 1. The summed E-state index contributed by atoms with van der Waals surface area (Å²) in [5, 5.41) is 3.62. The highest BCUT2D eigenvalue weighted by atomic mass is 79.9. The second-order valence-electron chi connectivity index (χ2n) is 3.27. The molecule has 0 radical (unpaired) electrons.